The van der Waals surface area contributed by atoms with Crippen LogP contribution in [0.25, 0.3) is 6.08 Å². The normalized spacial score (nSPS) is 13.8. The molecule has 0 fully saturated rings. The quantitative estimate of drug-likeness (QED) is 0.578. The fourth-order valence-electron chi connectivity index (χ4n) is 1.25. The van der Waals surface area contributed by atoms with Gasteiger partial charge in [0.2, 0.25) is 0 Å². The lowest BCUT2D eigenvalue weighted by Gasteiger charge is -2.29. The number of halogens is 6. The average molecular weight is 348 g/mol. The molecular formula is C12H10F6O3S. The number of rotatable bonds is 6. The van der Waals surface area contributed by atoms with E-state index in [-0.39, 0.29) is 0 Å². The van der Waals surface area contributed by atoms with Gasteiger partial charge in [0.15, 0.2) is 0 Å². The molecule has 0 aliphatic carbocycles. The fourth-order valence-corrected chi connectivity index (χ4v) is 2.21. The Bertz CT molecular complexity index is 646. The molecule has 22 heavy (non-hydrogen) atoms. The highest BCUT2D eigenvalue weighted by atomic mass is 32.2. The molecule has 0 saturated carbocycles. The van der Waals surface area contributed by atoms with E-state index in [1.54, 1.807) is 0 Å². The second kappa shape index (κ2) is 5.49. The minimum absolute atomic E-state index is 0.460. The van der Waals surface area contributed by atoms with E-state index in [1.807, 2.05) is 0 Å². The van der Waals surface area contributed by atoms with E-state index in [4.69, 9.17) is 0 Å². The average Bonchev–Trinajstić information content (AvgIpc) is 2.37. The maximum Gasteiger partial charge on any atom is 0.449 e. The second-order valence-electron chi connectivity index (χ2n) is 4.29. The Hall–Kier alpha value is -1.71. The van der Waals surface area contributed by atoms with Crippen LogP contribution in [0.1, 0.15) is 12.5 Å². The summed E-state index contributed by atoms with van der Waals surface area (Å²) < 4.78 is 104. The van der Waals surface area contributed by atoms with E-state index in [0.717, 1.165) is 12.1 Å². The summed E-state index contributed by atoms with van der Waals surface area (Å²) in [5.74, 6) is -12.2. The third-order valence-corrected chi connectivity index (χ3v) is 3.85. The van der Waals surface area contributed by atoms with Gasteiger partial charge in [0.1, 0.15) is 5.75 Å². The Morgan fingerprint density at radius 3 is 1.86 bits per heavy atom. The van der Waals surface area contributed by atoms with Crippen molar-refractivity contribution in [3.05, 3.63) is 36.4 Å². The first-order valence-corrected chi connectivity index (χ1v) is 6.97. The lowest BCUT2D eigenvalue weighted by molar-refractivity contribution is -0.272. The van der Waals surface area contributed by atoms with E-state index in [9.17, 15) is 34.8 Å². The molecule has 0 saturated heterocycles. The lowest BCUT2D eigenvalue weighted by Crippen LogP contribution is -2.57. The second-order valence-corrected chi connectivity index (χ2v) is 5.88. The third-order valence-electron chi connectivity index (χ3n) is 2.55. The molecule has 1 aromatic rings. The van der Waals surface area contributed by atoms with Crippen molar-refractivity contribution in [2.24, 2.45) is 0 Å². The van der Waals surface area contributed by atoms with Gasteiger partial charge in [0, 0.05) is 6.92 Å². The maximum absolute atomic E-state index is 13.3. The zero-order valence-corrected chi connectivity index (χ0v) is 11.8. The van der Waals surface area contributed by atoms with Crippen LogP contribution in [0, 0.1) is 0 Å². The molecular weight excluding hydrogens is 338 g/mol. The molecule has 0 heterocycles. The first-order chi connectivity index (χ1) is 9.76. The van der Waals surface area contributed by atoms with Crippen LogP contribution in [0.15, 0.2) is 30.8 Å². The highest BCUT2D eigenvalue weighted by molar-refractivity contribution is 7.88. The van der Waals surface area contributed by atoms with Gasteiger partial charge in [-0.25, -0.2) is 0 Å². The van der Waals surface area contributed by atoms with Crippen molar-refractivity contribution in [3.63, 3.8) is 0 Å². The van der Waals surface area contributed by atoms with Crippen LogP contribution in [0.2, 0.25) is 0 Å². The number of benzene rings is 1. The zero-order valence-electron chi connectivity index (χ0n) is 11.0. The summed E-state index contributed by atoms with van der Waals surface area (Å²) in [7, 11) is -6.36. The van der Waals surface area contributed by atoms with Crippen LogP contribution in [-0.4, -0.2) is 25.5 Å². The Balaban J connectivity index is 3.19. The predicted octanol–water partition coefficient (Wildman–Crippen LogP) is 3.92. The van der Waals surface area contributed by atoms with Crippen LogP contribution in [0.4, 0.5) is 26.3 Å². The molecule has 0 aromatic heterocycles. The molecule has 0 N–H and O–H groups in total. The monoisotopic (exact) mass is 348 g/mol. The summed E-state index contributed by atoms with van der Waals surface area (Å²) in [5, 5.41) is -6.13. The fraction of sp³-hybridized carbons (Fsp3) is 0.333. The molecule has 1 rings (SSSR count). The van der Waals surface area contributed by atoms with Crippen LogP contribution >= 0.6 is 0 Å². The van der Waals surface area contributed by atoms with Crippen molar-refractivity contribution in [2.75, 3.05) is 0 Å². The largest absolute Gasteiger partial charge is 0.449 e. The van der Waals surface area contributed by atoms with Crippen LogP contribution in [-0.2, 0) is 10.1 Å². The van der Waals surface area contributed by atoms with Crippen molar-refractivity contribution in [3.8, 4) is 5.75 Å². The summed E-state index contributed by atoms with van der Waals surface area (Å²) >= 11 is 0. The summed E-state index contributed by atoms with van der Waals surface area (Å²) in [4.78, 5) is 0. The highest BCUT2D eigenvalue weighted by Gasteiger charge is 2.76. The third kappa shape index (κ3) is 3.06. The van der Waals surface area contributed by atoms with Gasteiger partial charge in [0.05, 0.1) is 0 Å². The molecule has 0 unspecified atom stereocenters. The molecule has 0 radical (unpaired) electrons. The van der Waals surface area contributed by atoms with Crippen molar-refractivity contribution in [1.29, 1.82) is 0 Å². The maximum atomic E-state index is 13.3. The molecule has 1 aromatic carbocycles. The first kappa shape index (κ1) is 18.3. The van der Waals surface area contributed by atoms with Crippen molar-refractivity contribution < 1.29 is 38.9 Å². The summed E-state index contributed by atoms with van der Waals surface area (Å²) in [5.41, 5.74) is 0.460. The zero-order chi connectivity index (χ0) is 17.4. The molecule has 0 aliphatic rings. The van der Waals surface area contributed by atoms with Gasteiger partial charge in [-0.2, -0.15) is 34.8 Å². The minimum atomic E-state index is -6.36. The summed E-state index contributed by atoms with van der Waals surface area (Å²) in [6.45, 7) is 2.85. The lowest BCUT2D eigenvalue weighted by atomic mass is 10.2. The van der Waals surface area contributed by atoms with E-state index in [0.29, 0.717) is 5.56 Å². The Kier molecular flexibility index (Phi) is 4.57. The molecule has 3 nitrogen and oxygen atoms in total. The molecule has 124 valence electrons. The van der Waals surface area contributed by atoms with Gasteiger partial charge in [-0.05, 0) is 17.7 Å². The smallest absolute Gasteiger partial charge is 0.378 e. The highest BCUT2D eigenvalue weighted by Crippen LogP contribution is 2.48. The van der Waals surface area contributed by atoms with Gasteiger partial charge in [-0.15, -0.1) is 0 Å². The standard InChI is InChI=1S/C12H10F6O3S/c1-3-8-4-6-9(7-5-8)21-22(19,20)12(17,18)11(15,16)10(2,13)14/h3-7H,1H2,2H3. The molecule has 0 atom stereocenters. The topological polar surface area (TPSA) is 43.4 Å². The van der Waals surface area contributed by atoms with E-state index < -0.39 is 39.9 Å². The van der Waals surface area contributed by atoms with Crippen molar-refractivity contribution in [1.82, 2.24) is 0 Å². The van der Waals surface area contributed by atoms with E-state index in [1.165, 1.54) is 18.2 Å². The number of alkyl halides is 6. The van der Waals surface area contributed by atoms with Gasteiger partial charge in [-0.3, -0.25) is 0 Å². The van der Waals surface area contributed by atoms with E-state index >= 15 is 0 Å². The minimum Gasteiger partial charge on any atom is -0.378 e. The number of hydrogen-bond donors (Lipinski definition) is 0. The van der Waals surface area contributed by atoms with Gasteiger partial charge >= 0.3 is 27.2 Å². The summed E-state index contributed by atoms with van der Waals surface area (Å²) in [6, 6.07) is 4.16. The van der Waals surface area contributed by atoms with Crippen molar-refractivity contribution in [2.45, 2.75) is 24.0 Å². The number of hydrogen-bond acceptors (Lipinski definition) is 3. The van der Waals surface area contributed by atoms with Crippen LogP contribution in [0.3, 0.4) is 0 Å². The molecule has 0 spiro atoms. The summed E-state index contributed by atoms with van der Waals surface area (Å²) in [6.07, 6.45) is 1.33. The Morgan fingerprint density at radius 2 is 1.50 bits per heavy atom. The van der Waals surface area contributed by atoms with Crippen molar-refractivity contribution >= 4 is 16.2 Å². The molecule has 0 bridgehead atoms. The SMILES string of the molecule is C=Cc1ccc(OS(=O)(=O)C(F)(F)C(F)(F)C(C)(F)F)cc1. The van der Waals surface area contributed by atoms with Gasteiger partial charge < -0.3 is 4.18 Å². The predicted molar refractivity (Wildman–Crippen MR) is 66.6 cm³/mol. The van der Waals surface area contributed by atoms with Gasteiger partial charge in [-0.1, -0.05) is 24.8 Å². The Morgan fingerprint density at radius 1 is 1.05 bits per heavy atom. The first-order valence-electron chi connectivity index (χ1n) is 5.56. The van der Waals surface area contributed by atoms with Crippen LogP contribution < -0.4 is 4.18 Å². The molecule has 10 heteroatoms. The molecule has 0 aliphatic heterocycles. The van der Waals surface area contributed by atoms with Gasteiger partial charge in [0.25, 0.3) is 0 Å². The van der Waals surface area contributed by atoms with E-state index in [2.05, 4.69) is 10.8 Å². The van der Waals surface area contributed by atoms with Crippen LogP contribution in [0.5, 0.6) is 5.75 Å². The Labute approximate surface area is 122 Å². The molecule has 0 amide bonds.